The Kier molecular flexibility index (Phi) is 7.23. The fourth-order valence-corrected chi connectivity index (χ4v) is 4.61. The molecule has 1 aliphatic heterocycles. The molecular formula is C24H27ClN6O4S. The van der Waals surface area contributed by atoms with Crippen LogP contribution in [0.25, 0.3) is 0 Å². The van der Waals surface area contributed by atoms with Gasteiger partial charge < -0.3 is 25.4 Å². The lowest BCUT2D eigenvalue weighted by molar-refractivity contribution is 0.159. The van der Waals surface area contributed by atoms with Gasteiger partial charge in [0, 0.05) is 31.1 Å². The van der Waals surface area contributed by atoms with Gasteiger partial charge in [-0.15, -0.1) is 11.3 Å². The number of hydrogen-bond donors (Lipinski definition) is 3. The smallest absolute Gasteiger partial charge is 0.414 e. The number of carbonyl (C=O) groups excluding carboxylic acids is 2. The van der Waals surface area contributed by atoms with Crippen LogP contribution in [0.3, 0.4) is 0 Å². The average Bonchev–Trinajstić information content (AvgIpc) is 3.17. The summed E-state index contributed by atoms with van der Waals surface area (Å²) in [5.74, 6) is 0.666. The maximum absolute atomic E-state index is 11.9. The molecule has 0 saturated heterocycles. The highest BCUT2D eigenvalue weighted by Gasteiger charge is 2.23. The Labute approximate surface area is 218 Å². The van der Waals surface area contributed by atoms with E-state index in [-0.39, 0.29) is 11.5 Å². The molecule has 0 spiro atoms. The van der Waals surface area contributed by atoms with Crippen molar-refractivity contribution in [1.29, 1.82) is 0 Å². The molecule has 36 heavy (non-hydrogen) atoms. The number of amides is 2. The number of cyclic esters (lactones) is 1. The van der Waals surface area contributed by atoms with Gasteiger partial charge in [0.25, 0.3) is 0 Å². The summed E-state index contributed by atoms with van der Waals surface area (Å²) >= 11 is 7.76. The van der Waals surface area contributed by atoms with Crippen LogP contribution in [0.4, 0.5) is 38.4 Å². The Morgan fingerprint density at radius 1 is 1.25 bits per heavy atom. The van der Waals surface area contributed by atoms with Crippen molar-refractivity contribution >= 4 is 64.0 Å². The van der Waals surface area contributed by atoms with E-state index in [0.717, 1.165) is 21.8 Å². The average molecular weight is 531 g/mol. The van der Waals surface area contributed by atoms with Crippen LogP contribution < -0.4 is 25.6 Å². The number of benzene rings is 1. The predicted molar refractivity (Wildman–Crippen MR) is 142 cm³/mol. The number of carbonyl (C=O) groups is 2. The quantitative estimate of drug-likeness (QED) is 0.377. The highest BCUT2D eigenvalue weighted by Crippen LogP contribution is 2.43. The number of thiophene rings is 1. The molecule has 0 fully saturated rings. The predicted octanol–water partition coefficient (Wildman–Crippen LogP) is 5.82. The molecule has 0 unspecified atom stereocenters. The van der Waals surface area contributed by atoms with Gasteiger partial charge in [0.2, 0.25) is 11.0 Å². The van der Waals surface area contributed by atoms with Crippen molar-refractivity contribution < 1.29 is 19.1 Å². The molecule has 3 N–H and O–H groups in total. The topological polar surface area (TPSA) is 118 Å². The fourth-order valence-electron chi connectivity index (χ4n) is 3.45. The molecule has 0 radical (unpaired) electrons. The van der Waals surface area contributed by atoms with Gasteiger partial charge in [-0.25, -0.2) is 14.6 Å². The van der Waals surface area contributed by atoms with Crippen molar-refractivity contribution in [2.24, 2.45) is 0 Å². The lowest BCUT2D eigenvalue weighted by Gasteiger charge is -2.17. The summed E-state index contributed by atoms with van der Waals surface area (Å²) in [6, 6.07) is 7.54. The van der Waals surface area contributed by atoms with E-state index in [1.54, 1.807) is 7.05 Å². The molecule has 2 aromatic heterocycles. The Morgan fingerprint density at radius 3 is 2.75 bits per heavy atom. The minimum Gasteiger partial charge on any atom is -0.449 e. The molecule has 4 rings (SSSR count). The van der Waals surface area contributed by atoms with E-state index in [1.807, 2.05) is 24.3 Å². The number of nitrogens with one attached hydrogen (secondary N) is 3. The largest absolute Gasteiger partial charge is 0.449 e. The van der Waals surface area contributed by atoms with Crippen LogP contribution in [0.2, 0.25) is 5.02 Å². The molecule has 2 amide bonds. The van der Waals surface area contributed by atoms with E-state index >= 15 is 0 Å². The molecule has 0 atom stereocenters. The van der Waals surface area contributed by atoms with Crippen LogP contribution >= 0.6 is 22.9 Å². The van der Waals surface area contributed by atoms with E-state index in [2.05, 4.69) is 46.7 Å². The maximum Gasteiger partial charge on any atom is 0.414 e. The molecule has 12 heteroatoms. The highest BCUT2D eigenvalue weighted by molar-refractivity contribution is 7.14. The first-order valence-electron chi connectivity index (χ1n) is 11.2. The third-order valence-electron chi connectivity index (χ3n) is 5.39. The number of fused-ring (bicyclic) bond motifs is 1. The third-order valence-corrected chi connectivity index (χ3v) is 7.11. The summed E-state index contributed by atoms with van der Waals surface area (Å²) < 4.78 is 10.6. The normalized spacial score (nSPS) is 13.4. The van der Waals surface area contributed by atoms with Gasteiger partial charge in [-0.1, -0.05) is 32.4 Å². The van der Waals surface area contributed by atoms with Crippen LogP contribution in [0.15, 0.2) is 30.5 Å². The summed E-state index contributed by atoms with van der Waals surface area (Å²) in [6.45, 7) is 6.54. The van der Waals surface area contributed by atoms with Gasteiger partial charge in [-0.3, -0.25) is 4.90 Å². The minimum atomic E-state index is -0.572. The number of hydrogen-bond acceptors (Lipinski definition) is 9. The highest BCUT2D eigenvalue weighted by atomic mass is 35.5. The second kappa shape index (κ2) is 10.2. The molecule has 0 saturated carbocycles. The van der Waals surface area contributed by atoms with E-state index in [9.17, 15) is 9.59 Å². The van der Waals surface area contributed by atoms with Crippen LogP contribution in [0.1, 0.15) is 31.2 Å². The zero-order valence-electron chi connectivity index (χ0n) is 20.6. The van der Waals surface area contributed by atoms with E-state index in [4.69, 9.17) is 21.1 Å². The molecule has 0 bridgehead atoms. The number of rotatable bonds is 5. The van der Waals surface area contributed by atoms with Crippen LogP contribution in [-0.2, 0) is 16.6 Å². The molecule has 190 valence electrons. The third kappa shape index (κ3) is 5.63. The molecule has 0 aliphatic carbocycles. The lowest BCUT2D eigenvalue weighted by atomic mass is 9.95. The van der Waals surface area contributed by atoms with Crippen molar-refractivity contribution in [3.8, 4) is 5.06 Å². The molecule has 1 aromatic carbocycles. The monoisotopic (exact) mass is 530 g/mol. The zero-order chi connectivity index (χ0) is 26.0. The van der Waals surface area contributed by atoms with Crippen LogP contribution in [-0.4, -0.2) is 42.9 Å². The van der Waals surface area contributed by atoms with E-state index in [1.165, 1.54) is 29.5 Å². The molecule has 1 aliphatic rings. The summed E-state index contributed by atoms with van der Waals surface area (Å²) in [7, 11) is 3.18. The first kappa shape index (κ1) is 25.5. The van der Waals surface area contributed by atoms with Crippen molar-refractivity contribution in [1.82, 2.24) is 15.3 Å². The Hall–Kier alpha value is -3.57. The summed E-state index contributed by atoms with van der Waals surface area (Å²) in [5, 5.41) is 9.52. The Bertz CT molecular complexity index is 1310. The SMILES string of the molecule is CNC(=O)Oc1sc(C(C)(C)C)cc1Nc1nc(Nc2ccc3c(c2)CCOC(=O)N3C)ncc1Cl. The Balaban J connectivity index is 1.60. The van der Waals surface area contributed by atoms with Crippen LogP contribution in [0, 0.1) is 0 Å². The second-order valence-corrected chi connectivity index (χ2v) is 10.5. The zero-order valence-corrected chi connectivity index (χ0v) is 22.1. The van der Waals surface area contributed by atoms with E-state index < -0.39 is 6.09 Å². The minimum absolute atomic E-state index is 0.150. The first-order chi connectivity index (χ1) is 17.0. The van der Waals surface area contributed by atoms with Gasteiger partial charge in [0.15, 0.2) is 5.82 Å². The summed E-state index contributed by atoms with van der Waals surface area (Å²) in [5.41, 5.74) is 2.92. The molecule has 3 aromatic rings. The van der Waals surface area contributed by atoms with Gasteiger partial charge in [0.1, 0.15) is 5.02 Å². The summed E-state index contributed by atoms with van der Waals surface area (Å²) in [4.78, 5) is 35.1. The standard InChI is InChI=1S/C24H27ClN6O4S/c1-24(2,3)18-11-16(20(36-18)35-22(32)26-4)29-19-15(25)12-27-21(30-19)28-14-6-7-17-13(10-14)8-9-34-23(33)31(17)5/h6-7,10-12H,8-9H2,1-5H3,(H,26,32)(H2,27,28,29,30). The Morgan fingerprint density at radius 2 is 2.03 bits per heavy atom. The van der Waals surface area contributed by atoms with Crippen molar-refractivity contribution in [2.45, 2.75) is 32.6 Å². The van der Waals surface area contributed by atoms with Crippen LogP contribution in [0.5, 0.6) is 5.06 Å². The number of ether oxygens (including phenoxy) is 2. The number of anilines is 5. The molecular weight excluding hydrogens is 504 g/mol. The van der Waals surface area contributed by atoms with Gasteiger partial charge in [0.05, 0.1) is 24.2 Å². The van der Waals surface area contributed by atoms with Crippen molar-refractivity contribution in [2.75, 3.05) is 36.2 Å². The number of aromatic nitrogens is 2. The van der Waals surface area contributed by atoms with E-state index in [0.29, 0.717) is 40.6 Å². The van der Waals surface area contributed by atoms with Gasteiger partial charge in [-0.2, -0.15) is 4.98 Å². The lowest BCUT2D eigenvalue weighted by Crippen LogP contribution is -2.25. The van der Waals surface area contributed by atoms with Crippen molar-refractivity contribution in [3.05, 3.63) is 45.9 Å². The summed E-state index contributed by atoms with van der Waals surface area (Å²) in [6.07, 6.45) is 1.13. The molecule has 3 heterocycles. The maximum atomic E-state index is 11.9. The number of nitrogens with zero attached hydrogens (tertiary/aromatic N) is 3. The second-order valence-electron chi connectivity index (χ2n) is 9.11. The van der Waals surface area contributed by atoms with Crippen molar-refractivity contribution in [3.63, 3.8) is 0 Å². The molecule has 10 nitrogen and oxygen atoms in total. The van der Waals surface area contributed by atoms with Gasteiger partial charge >= 0.3 is 12.2 Å². The van der Waals surface area contributed by atoms with Gasteiger partial charge in [-0.05, 0) is 35.2 Å². The first-order valence-corrected chi connectivity index (χ1v) is 12.4. The number of halogens is 1. The fraction of sp³-hybridized carbons (Fsp3) is 0.333.